The Morgan fingerprint density at radius 2 is 2.05 bits per heavy atom. The van der Waals surface area contributed by atoms with Gasteiger partial charge in [-0.25, -0.2) is 0 Å². The Balaban J connectivity index is 2.12. The Labute approximate surface area is 130 Å². The number of rotatable bonds is 1. The molecule has 0 radical (unpaired) electrons. The second-order valence-electron chi connectivity index (χ2n) is 6.77. The van der Waals surface area contributed by atoms with E-state index < -0.39 is 5.60 Å². The average Bonchev–Trinajstić information content (AvgIpc) is 2.80. The fourth-order valence-electron chi connectivity index (χ4n) is 4.71. The van der Waals surface area contributed by atoms with Crippen LogP contribution in [0.25, 0.3) is 10.9 Å². The lowest BCUT2D eigenvalue weighted by molar-refractivity contribution is -0.111. The third-order valence-corrected chi connectivity index (χ3v) is 5.82. The minimum atomic E-state index is -0.957. The summed E-state index contributed by atoms with van der Waals surface area (Å²) < 4.78 is 2.02. The fraction of sp³-hybridized carbons (Fsp3) is 0.500. The average molecular weight is 298 g/mol. The third kappa shape index (κ3) is 1.47. The number of hydrogen-bond donors (Lipinski definition) is 1. The molecule has 0 spiro atoms. The van der Waals surface area contributed by atoms with E-state index in [1.54, 1.807) is 0 Å². The van der Waals surface area contributed by atoms with E-state index in [-0.39, 0.29) is 17.7 Å². The quantitative estimate of drug-likeness (QED) is 0.880. The highest BCUT2D eigenvalue weighted by molar-refractivity contribution is 6.06. The molecule has 0 saturated carbocycles. The topological polar surface area (TPSA) is 45.5 Å². The van der Waals surface area contributed by atoms with Crippen molar-refractivity contribution in [3.63, 3.8) is 0 Å². The van der Waals surface area contributed by atoms with E-state index in [0.29, 0.717) is 6.42 Å². The van der Waals surface area contributed by atoms with Crippen LogP contribution in [0, 0.1) is 5.92 Å². The number of ketones is 1. The maximum atomic E-state index is 13.1. The number of Topliss-reactive ketones (excluding diaryl/α,β-unsaturated/α-hetero) is 1. The van der Waals surface area contributed by atoms with Gasteiger partial charge in [0.1, 0.15) is 0 Å². The molecule has 1 fully saturated rings. The summed E-state index contributed by atoms with van der Waals surface area (Å²) in [6, 6.07) is 8.03. The molecule has 1 unspecified atom stereocenters. The van der Waals surface area contributed by atoms with Crippen LogP contribution in [0.3, 0.4) is 0 Å². The molecule has 2 bridgehead atoms. The molecular formula is C18H22N2O2. The van der Waals surface area contributed by atoms with Gasteiger partial charge >= 0.3 is 0 Å². The van der Waals surface area contributed by atoms with Crippen molar-refractivity contribution in [1.82, 2.24) is 9.47 Å². The van der Waals surface area contributed by atoms with Crippen LogP contribution in [-0.4, -0.2) is 39.6 Å². The van der Waals surface area contributed by atoms with E-state index in [1.165, 1.54) is 0 Å². The first-order valence-electron chi connectivity index (χ1n) is 8.04. The molecule has 1 aliphatic carbocycles. The number of benzene rings is 1. The van der Waals surface area contributed by atoms with E-state index in [4.69, 9.17) is 0 Å². The van der Waals surface area contributed by atoms with E-state index >= 15 is 0 Å². The largest absolute Gasteiger partial charge is 0.387 e. The third-order valence-electron chi connectivity index (χ3n) is 5.82. The van der Waals surface area contributed by atoms with E-state index in [0.717, 1.165) is 35.1 Å². The number of fused-ring (bicyclic) bond motifs is 6. The second-order valence-corrected chi connectivity index (χ2v) is 6.77. The number of para-hydroxylation sites is 1. The van der Waals surface area contributed by atoms with Crippen LogP contribution >= 0.6 is 0 Å². The number of aryl methyl sites for hydroxylation is 1. The number of nitrogens with zero attached hydrogens (tertiary/aromatic N) is 2. The zero-order valence-electron chi connectivity index (χ0n) is 13.3. The van der Waals surface area contributed by atoms with Crippen LogP contribution in [0.4, 0.5) is 0 Å². The summed E-state index contributed by atoms with van der Waals surface area (Å²) in [6.07, 6.45) is 1.33. The van der Waals surface area contributed by atoms with Gasteiger partial charge in [0, 0.05) is 23.5 Å². The SMILES string of the molecule is CCC1(O)[C@@H]2CCN(C)[C@H]1c1c(n(C)c3ccccc13)C2=O. The predicted molar refractivity (Wildman–Crippen MR) is 86.0 cm³/mol. The summed E-state index contributed by atoms with van der Waals surface area (Å²) in [5, 5.41) is 12.4. The lowest BCUT2D eigenvalue weighted by atomic mass is 9.64. The fourth-order valence-corrected chi connectivity index (χ4v) is 4.71. The zero-order chi connectivity index (χ0) is 15.6. The summed E-state index contributed by atoms with van der Waals surface area (Å²) in [5.74, 6) is -0.170. The van der Waals surface area contributed by atoms with Gasteiger partial charge in [0.2, 0.25) is 0 Å². The van der Waals surface area contributed by atoms with Gasteiger partial charge in [-0.3, -0.25) is 9.69 Å². The van der Waals surface area contributed by atoms with Gasteiger partial charge in [0.05, 0.1) is 23.3 Å². The van der Waals surface area contributed by atoms with Crippen LogP contribution in [0.1, 0.15) is 41.9 Å². The smallest absolute Gasteiger partial charge is 0.185 e. The van der Waals surface area contributed by atoms with Crippen LogP contribution in [0.15, 0.2) is 24.3 Å². The van der Waals surface area contributed by atoms with Crippen LogP contribution in [0.2, 0.25) is 0 Å². The van der Waals surface area contributed by atoms with Crippen molar-refractivity contribution >= 4 is 16.7 Å². The van der Waals surface area contributed by atoms with Crippen molar-refractivity contribution in [3.8, 4) is 0 Å². The summed E-state index contributed by atoms with van der Waals surface area (Å²) in [7, 11) is 4.02. The van der Waals surface area contributed by atoms with Gasteiger partial charge in [0.15, 0.2) is 5.78 Å². The van der Waals surface area contributed by atoms with E-state index in [9.17, 15) is 9.90 Å². The summed E-state index contributed by atoms with van der Waals surface area (Å²) in [5.41, 5.74) is 1.92. The Morgan fingerprint density at radius 1 is 1.32 bits per heavy atom. The second kappa shape index (κ2) is 4.43. The highest BCUT2D eigenvalue weighted by Gasteiger charge is 2.57. The minimum Gasteiger partial charge on any atom is -0.387 e. The molecule has 1 aromatic heterocycles. The predicted octanol–water partition coefficient (Wildman–Crippen LogP) is 2.51. The van der Waals surface area contributed by atoms with Crippen LogP contribution < -0.4 is 0 Å². The molecule has 22 heavy (non-hydrogen) atoms. The van der Waals surface area contributed by atoms with Gasteiger partial charge in [-0.05, 0) is 32.5 Å². The van der Waals surface area contributed by atoms with Gasteiger partial charge in [-0.15, -0.1) is 0 Å². The highest BCUT2D eigenvalue weighted by Crippen LogP contribution is 2.52. The number of likely N-dealkylation sites (N-methyl/N-ethyl adjacent to an activating group) is 1. The van der Waals surface area contributed by atoms with Crippen molar-refractivity contribution in [2.45, 2.75) is 31.4 Å². The molecule has 1 aliphatic heterocycles. The summed E-state index contributed by atoms with van der Waals surface area (Å²) in [6.45, 7) is 2.84. The van der Waals surface area contributed by atoms with Crippen molar-refractivity contribution in [1.29, 1.82) is 0 Å². The van der Waals surface area contributed by atoms with Crippen LogP contribution in [0.5, 0.6) is 0 Å². The molecule has 2 heterocycles. The summed E-state index contributed by atoms with van der Waals surface area (Å²) >= 11 is 0. The lowest BCUT2D eigenvalue weighted by Crippen LogP contribution is -2.60. The summed E-state index contributed by atoms with van der Waals surface area (Å²) in [4.78, 5) is 15.3. The number of likely N-dealkylation sites (tertiary alicyclic amines) is 1. The van der Waals surface area contributed by atoms with Gasteiger partial charge in [-0.2, -0.15) is 0 Å². The van der Waals surface area contributed by atoms with Crippen molar-refractivity contribution in [3.05, 3.63) is 35.5 Å². The molecule has 4 nitrogen and oxygen atoms in total. The Kier molecular flexibility index (Phi) is 2.81. The normalized spacial score (nSPS) is 31.5. The Morgan fingerprint density at radius 3 is 2.77 bits per heavy atom. The molecule has 0 amide bonds. The lowest BCUT2D eigenvalue weighted by Gasteiger charge is -2.52. The first-order chi connectivity index (χ1) is 10.5. The standard InChI is InChI=1S/C18H22N2O2/c1-4-18(22)12-9-10-19(2)17(18)14-11-7-5-6-8-13(11)20(3)15(14)16(12)21/h5-8,12,17,22H,4,9-10H2,1-3H3/t12-,17+,18?/m1/s1. The first-order valence-corrected chi connectivity index (χ1v) is 8.04. The molecule has 116 valence electrons. The molecule has 1 saturated heterocycles. The Bertz CT molecular complexity index is 779. The maximum absolute atomic E-state index is 13.1. The molecule has 1 aromatic carbocycles. The Hall–Kier alpha value is -1.65. The highest BCUT2D eigenvalue weighted by atomic mass is 16.3. The molecule has 1 N–H and O–H groups in total. The van der Waals surface area contributed by atoms with Crippen molar-refractivity contribution in [2.75, 3.05) is 13.6 Å². The monoisotopic (exact) mass is 298 g/mol. The van der Waals surface area contributed by atoms with Gasteiger partial charge < -0.3 is 9.67 Å². The van der Waals surface area contributed by atoms with Crippen molar-refractivity contribution < 1.29 is 9.90 Å². The molecule has 2 aromatic rings. The van der Waals surface area contributed by atoms with Crippen LogP contribution in [-0.2, 0) is 7.05 Å². The number of aliphatic hydroxyl groups is 1. The number of piperidine rings is 1. The maximum Gasteiger partial charge on any atom is 0.185 e. The number of hydrogen-bond acceptors (Lipinski definition) is 3. The minimum absolute atomic E-state index is 0.102. The van der Waals surface area contributed by atoms with Gasteiger partial charge in [-0.1, -0.05) is 25.1 Å². The molecule has 4 rings (SSSR count). The number of carbonyl (C=O) groups is 1. The van der Waals surface area contributed by atoms with E-state index in [2.05, 4.69) is 24.1 Å². The van der Waals surface area contributed by atoms with E-state index in [1.807, 2.05) is 30.7 Å². The first kappa shape index (κ1) is 14.0. The number of carbonyl (C=O) groups excluding carboxylic acids is 1. The molecular weight excluding hydrogens is 276 g/mol. The molecule has 4 heteroatoms. The van der Waals surface area contributed by atoms with Gasteiger partial charge in [0.25, 0.3) is 0 Å². The van der Waals surface area contributed by atoms with Crippen molar-refractivity contribution in [2.24, 2.45) is 13.0 Å². The zero-order valence-corrected chi connectivity index (χ0v) is 13.3. The molecule has 3 atom stereocenters. The number of aromatic nitrogens is 1. The molecule has 2 aliphatic rings.